The highest BCUT2D eigenvalue weighted by Crippen LogP contribution is 2.29. The van der Waals surface area contributed by atoms with Gasteiger partial charge in [0.15, 0.2) is 16.8 Å². The highest BCUT2D eigenvalue weighted by Gasteiger charge is 2.21. The number of aryl methyl sites for hydroxylation is 1. The Morgan fingerprint density at radius 1 is 1.15 bits per heavy atom. The van der Waals surface area contributed by atoms with Gasteiger partial charge in [-0.15, -0.1) is 10.2 Å². The molecule has 3 rings (SSSR count). The van der Waals surface area contributed by atoms with Crippen LogP contribution in [0.25, 0.3) is 11.4 Å². The second kappa shape index (κ2) is 8.06. The largest absolute Gasteiger partial charge is 0.302 e. The van der Waals surface area contributed by atoms with Crippen molar-refractivity contribution in [1.82, 2.24) is 14.8 Å². The fourth-order valence-electron chi connectivity index (χ4n) is 2.74. The Balaban J connectivity index is 1.85. The maximum atomic E-state index is 12.7. The number of hydrogen-bond donors (Lipinski definition) is 0. The zero-order valence-electron chi connectivity index (χ0n) is 14.9. The Kier molecular flexibility index (Phi) is 5.79. The summed E-state index contributed by atoms with van der Waals surface area (Å²) >= 11 is 7.33. The molecule has 0 unspecified atom stereocenters. The number of nitrogens with zero attached hydrogens (tertiary/aromatic N) is 3. The van der Waals surface area contributed by atoms with Gasteiger partial charge in [0.2, 0.25) is 0 Å². The first-order valence-corrected chi connectivity index (χ1v) is 9.72. The van der Waals surface area contributed by atoms with E-state index < -0.39 is 0 Å². The standard InChI is InChI=1S/C20H20ClN3OS/c1-4-24-19(17-8-6-5-7-13(17)2)22-23-20(24)26-14(3)18(25)15-9-11-16(21)12-10-15/h5-12,14H,4H2,1-3H3/t14-/m0/s1. The van der Waals surface area contributed by atoms with E-state index in [1.807, 2.05) is 25.1 Å². The van der Waals surface area contributed by atoms with Crippen LogP contribution in [0.3, 0.4) is 0 Å². The van der Waals surface area contributed by atoms with Crippen molar-refractivity contribution in [2.24, 2.45) is 0 Å². The molecule has 3 aromatic rings. The predicted octanol–water partition coefficient (Wildman–Crippen LogP) is 5.29. The number of hydrogen-bond acceptors (Lipinski definition) is 4. The molecule has 26 heavy (non-hydrogen) atoms. The summed E-state index contributed by atoms with van der Waals surface area (Å²) in [6.07, 6.45) is 0. The first-order chi connectivity index (χ1) is 12.5. The molecule has 1 heterocycles. The Morgan fingerprint density at radius 3 is 2.50 bits per heavy atom. The van der Waals surface area contributed by atoms with Gasteiger partial charge in [0.25, 0.3) is 0 Å². The van der Waals surface area contributed by atoms with Crippen molar-refractivity contribution in [2.45, 2.75) is 37.7 Å². The van der Waals surface area contributed by atoms with Crippen LogP contribution in [0.4, 0.5) is 0 Å². The van der Waals surface area contributed by atoms with Crippen LogP contribution in [-0.4, -0.2) is 25.8 Å². The van der Waals surface area contributed by atoms with Crippen molar-refractivity contribution in [2.75, 3.05) is 0 Å². The normalized spacial score (nSPS) is 12.2. The molecule has 2 aromatic carbocycles. The van der Waals surface area contributed by atoms with Gasteiger partial charge in [-0.1, -0.05) is 47.6 Å². The van der Waals surface area contributed by atoms with E-state index in [2.05, 4.69) is 34.7 Å². The van der Waals surface area contributed by atoms with Crippen LogP contribution in [0, 0.1) is 6.92 Å². The summed E-state index contributed by atoms with van der Waals surface area (Å²) in [6, 6.07) is 15.1. The number of carbonyl (C=O) groups excluding carboxylic acids is 1. The average molecular weight is 386 g/mol. The second-order valence-electron chi connectivity index (χ2n) is 6.00. The van der Waals surface area contributed by atoms with Crippen molar-refractivity contribution in [3.63, 3.8) is 0 Å². The van der Waals surface area contributed by atoms with Crippen LogP contribution in [-0.2, 0) is 6.54 Å². The zero-order valence-corrected chi connectivity index (χ0v) is 16.5. The molecule has 1 atom stereocenters. The summed E-state index contributed by atoms with van der Waals surface area (Å²) < 4.78 is 2.05. The third-order valence-corrected chi connectivity index (χ3v) is 5.53. The lowest BCUT2D eigenvalue weighted by atomic mass is 10.1. The van der Waals surface area contributed by atoms with Crippen molar-refractivity contribution in [3.05, 3.63) is 64.7 Å². The highest BCUT2D eigenvalue weighted by atomic mass is 35.5. The second-order valence-corrected chi connectivity index (χ2v) is 7.74. The van der Waals surface area contributed by atoms with Gasteiger partial charge in [0, 0.05) is 22.7 Å². The van der Waals surface area contributed by atoms with Gasteiger partial charge in [-0.05, 0) is 50.6 Å². The van der Waals surface area contributed by atoms with Gasteiger partial charge >= 0.3 is 0 Å². The zero-order chi connectivity index (χ0) is 18.7. The summed E-state index contributed by atoms with van der Waals surface area (Å²) in [4.78, 5) is 12.7. The first-order valence-electron chi connectivity index (χ1n) is 8.47. The lowest BCUT2D eigenvalue weighted by molar-refractivity contribution is 0.0994. The minimum Gasteiger partial charge on any atom is -0.302 e. The predicted molar refractivity (Wildman–Crippen MR) is 107 cm³/mol. The van der Waals surface area contributed by atoms with Crippen molar-refractivity contribution < 1.29 is 4.79 Å². The Hall–Kier alpha value is -2.11. The van der Waals surface area contributed by atoms with E-state index in [0.717, 1.165) is 28.7 Å². The Labute approximate surface area is 162 Å². The summed E-state index contributed by atoms with van der Waals surface area (Å²) in [5, 5.41) is 9.82. The van der Waals surface area contributed by atoms with E-state index in [9.17, 15) is 4.79 Å². The van der Waals surface area contributed by atoms with Crippen LogP contribution < -0.4 is 0 Å². The molecule has 0 bridgehead atoms. The molecule has 0 radical (unpaired) electrons. The highest BCUT2D eigenvalue weighted by molar-refractivity contribution is 8.00. The van der Waals surface area contributed by atoms with E-state index in [1.54, 1.807) is 24.3 Å². The fourth-order valence-corrected chi connectivity index (χ4v) is 3.86. The van der Waals surface area contributed by atoms with Crippen LogP contribution in [0.1, 0.15) is 29.8 Å². The summed E-state index contributed by atoms with van der Waals surface area (Å²) in [7, 11) is 0. The molecule has 0 spiro atoms. The van der Waals surface area contributed by atoms with Gasteiger partial charge < -0.3 is 4.57 Å². The Morgan fingerprint density at radius 2 is 1.85 bits per heavy atom. The molecule has 0 aliphatic heterocycles. The first kappa shape index (κ1) is 18.7. The smallest absolute Gasteiger partial charge is 0.192 e. The molecular weight excluding hydrogens is 366 g/mol. The minimum atomic E-state index is -0.268. The molecule has 0 aliphatic rings. The number of rotatable bonds is 6. The fraction of sp³-hybridized carbons (Fsp3) is 0.250. The van der Waals surface area contributed by atoms with Gasteiger partial charge in [-0.25, -0.2) is 0 Å². The molecule has 0 saturated carbocycles. The number of carbonyl (C=O) groups is 1. The third kappa shape index (κ3) is 3.84. The van der Waals surface area contributed by atoms with Crippen molar-refractivity contribution in [3.8, 4) is 11.4 Å². The number of benzene rings is 2. The maximum Gasteiger partial charge on any atom is 0.192 e. The molecule has 0 amide bonds. The van der Waals surface area contributed by atoms with Crippen LogP contribution in [0.2, 0.25) is 5.02 Å². The maximum absolute atomic E-state index is 12.7. The Bertz CT molecular complexity index is 921. The summed E-state index contributed by atoms with van der Waals surface area (Å²) in [5.41, 5.74) is 2.86. The summed E-state index contributed by atoms with van der Waals surface area (Å²) in [5.74, 6) is 0.883. The number of thioether (sulfide) groups is 1. The van der Waals surface area contributed by atoms with Crippen molar-refractivity contribution in [1.29, 1.82) is 0 Å². The summed E-state index contributed by atoms with van der Waals surface area (Å²) in [6.45, 7) is 6.75. The van der Waals surface area contributed by atoms with Crippen LogP contribution in [0.15, 0.2) is 53.7 Å². The van der Waals surface area contributed by atoms with Crippen molar-refractivity contribution >= 4 is 29.1 Å². The van der Waals surface area contributed by atoms with E-state index >= 15 is 0 Å². The SMILES string of the molecule is CCn1c(S[C@@H](C)C(=O)c2ccc(Cl)cc2)nnc1-c1ccccc1C. The molecule has 0 aliphatic carbocycles. The minimum absolute atomic E-state index is 0.0507. The molecule has 4 nitrogen and oxygen atoms in total. The number of aromatic nitrogens is 3. The van der Waals surface area contributed by atoms with Crippen LogP contribution in [0.5, 0.6) is 0 Å². The van der Waals surface area contributed by atoms with Gasteiger partial charge in [0.1, 0.15) is 0 Å². The molecule has 6 heteroatoms. The molecule has 1 aromatic heterocycles. The quantitative estimate of drug-likeness (QED) is 0.427. The molecule has 0 saturated heterocycles. The number of halogens is 1. The van der Waals surface area contributed by atoms with E-state index in [1.165, 1.54) is 11.8 Å². The molecule has 0 fully saturated rings. The van der Waals surface area contributed by atoms with Gasteiger partial charge in [0.05, 0.1) is 5.25 Å². The number of ketones is 1. The van der Waals surface area contributed by atoms with Gasteiger partial charge in [-0.2, -0.15) is 0 Å². The topological polar surface area (TPSA) is 47.8 Å². The average Bonchev–Trinajstić information content (AvgIpc) is 3.04. The van der Waals surface area contributed by atoms with E-state index in [0.29, 0.717) is 10.6 Å². The molecule has 134 valence electrons. The third-order valence-electron chi connectivity index (χ3n) is 4.20. The molecular formula is C20H20ClN3OS. The lowest BCUT2D eigenvalue weighted by Gasteiger charge is -2.12. The van der Waals surface area contributed by atoms with E-state index in [4.69, 9.17) is 11.6 Å². The van der Waals surface area contributed by atoms with Crippen LogP contribution >= 0.6 is 23.4 Å². The lowest BCUT2D eigenvalue weighted by Crippen LogP contribution is -2.14. The number of Topliss-reactive ketones (excluding diaryl/α,β-unsaturated/α-hetero) is 1. The van der Waals surface area contributed by atoms with E-state index in [-0.39, 0.29) is 11.0 Å². The molecule has 0 N–H and O–H groups in total. The van der Waals surface area contributed by atoms with Gasteiger partial charge in [-0.3, -0.25) is 4.79 Å². The monoisotopic (exact) mass is 385 g/mol.